The monoisotopic (exact) mass is 460 g/mol. The number of hydrogen-bond donors (Lipinski definition) is 1. The van der Waals surface area contributed by atoms with Crippen molar-refractivity contribution in [1.29, 1.82) is 0 Å². The third-order valence-corrected chi connectivity index (χ3v) is 6.69. The molecule has 9 heteroatoms. The summed E-state index contributed by atoms with van der Waals surface area (Å²) in [6.45, 7) is 1.86. The molecule has 0 aliphatic carbocycles. The maximum Gasteiger partial charge on any atom is 0.294 e. The number of para-hydroxylation sites is 1. The molecule has 0 bridgehead atoms. The molecule has 176 valence electrons. The second-order valence-electron chi connectivity index (χ2n) is 8.84. The molecule has 2 aliphatic heterocycles. The Morgan fingerprint density at radius 2 is 2.06 bits per heavy atom. The molecule has 1 saturated heterocycles. The summed E-state index contributed by atoms with van der Waals surface area (Å²) >= 11 is 0. The minimum atomic E-state index is -0.310. The van der Waals surface area contributed by atoms with E-state index in [1.54, 1.807) is 19.2 Å². The number of nitro benzene ring substituents is 1. The molecule has 1 aromatic heterocycles. The molecular formula is C25H28N6O3. The molecule has 5 rings (SSSR count). The fourth-order valence-corrected chi connectivity index (χ4v) is 4.74. The molecule has 9 nitrogen and oxygen atoms in total. The molecule has 2 aromatic carbocycles. The first-order chi connectivity index (χ1) is 16.5. The molecule has 34 heavy (non-hydrogen) atoms. The van der Waals surface area contributed by atoms with Crippen molar-refractivity contribution in [3.05, 3.63) is 70.5 Å². The first-order valence-electron chi connectivity index (χ1n) is 11.3. The van der Waals surface area contributed by atoms with Gasteiger partial charge in [0.2, 0.25) is 0 Å². The van der Waals surface area contributed by atoms with Gasteiger partial charge in [-0.3, -0.25) is 15.1 Å². The maximum absolute atomic E-state index is 12.0. The van der Waals surface area contributed by atoms with E-state index in [0.29, 0.717) is 29.8 Å². The topological polar surface area (TPSA) is 90.2 Å². The van der Waals surface area contributed by atoms with Gasteiger partial charge in [0.05, 0.1) is 23.4 Å². The second kappa shape index (κ2) is 8.83. The number of nitro groups is 1. The van der Waals surface area contributed by atoms with Crippen LogP contribution in [0.5, 0.6) is 5.75 Å². The fourth-order valence-electron chi connectivity index (χ4n) is 4.74. The van der Waals surface area contributed by atoms with Gasteiger partial charge in [-0.2, -0.15) is 0 Å². The Labute approximate surface area is 198 Å². The van der Waals surface area contributed by atoms with Crippen LogP contribution in [0.2, 0.25) is 0 Å². The summed E-state index contributed by atoms with van der Waals surface area (Å²) in [5.41, 5.74) is 4.26. The summed E-state index contributed by atoms with van der Waals surface area (Å²) in [7, 11) is 5.68. The number of rotatable bonds is 6. The van der Waals surface area contributed by atoms with Crippen molar-refractivity contribution in [1.82, 2.24) is 9.88 Å². The Morgan fingerprint density at radius 3 is 2.74 bits per heavy atom. The molecule has 1 atom stereocenters. The minimum Gasteiger partial charge on any atom is -0.494 e. The van der Waals surface area contributed by atoms with Crippen molar-refractivity contribution in [2.24, 2.45) is 4.99 Å². The Bertz CT molecular complexity index is 1300. The number of likely N-dealkylation sites (N-methyl/N-ethyl adjacent to an activating group) is 1. The number of nitrogens with zero attached hydrogens (tertiary/aromatic N) is 5. The number of benzene rings is 2. The number of aromatic nitrogens is 1. The van der Waals surface area contributed by atoms with Crippen molar-refractivity contribution in [2.45, 2.75) is 12.5 Å². The van der Waals surface area contributed by atoms with Crippen LogP contribution in [0.3, 0.4) is 0 Å². The van der Waals surface area contributed by atoms with E-state index in [1.807, 2.05) is 55.7 Å². The molecule has 0 saturated carbocycles. The number of hydrogen-bond acceptors (Lipinski definition) is 7. The number of methoxy groups -OCH3 is 1. The zero-order chi connectivity index (χ0) is 23.8. The van der Waals surface area contributed by atoms with Crippen molar-refractivity contribution < 1.29 is 9.66 Å². The summed E-state index contributed by atoms with van der Waals surface area (Å²) in [5, 5.41) is 13.1. The average molecular weight is 461 g/mol. The number of ether oxygens (including phenoxy) is 1. The first-order valence-corrected chi connectivity index (χ1v) is 11.3. The predicted octanol–water partition coefficient (Wildman–Crippen LogP) is 4.01. The van der Waals surface area contributed by atoms with Crippen LogP contribution < -0.4 is 14.5 Å². The van der Waals surface area contributed by atoms with E-state index < -0.39 is 0 Å². The number of nitrogens with one attached hydrogen (secondary N) is 1. The number of anilines is 2. The van der Waals surface area contributed by atoms with E-state index >= 15 is 0 Å². The van der Waals surface area contributed by atoms with E-state index in [-0.39, 0.29) is 10.6 Å². The average Bonchev–Trinajstić information content (AvgIpc) is 3.51. The van der Waals surface area contributed by atoms with E-state index in [2.05, 4.69) is 20.9 Å². The zero-order valence-electron chi connectivity index (χ0n) is 19.6. The number of aliphatic imine (C=N–C) groups is 1. The summed E-state index contributed by atoms with van der Waals surface area (Å²) in [4.78, 5) is 25.9. The number of H-pyrrole nitrogens is 1. The fraction of sp³-hybridized carbons (Fsp3) is 0.320. The van der Waals surface area contributed by atoms with Gasteiger partial charge in [-0.15, -0.1) is 0 Å². The Kier molecular flexibility index (Phi) is 5.70. The number of fused-ring (bicyclic) bond motifs is 1. The molecule has 3 heterocycles. The molecule has 0 radical (unpaired) electrons. The lowest BCUT2D eigenvalue weighted by Crippen LogP contribution is -2.31. The van der Waals surface area contributed by atoms with Crippen LogP contribution >= 0.6 is 0 Å². The molecule has 2 aliphatic rings. The lowest BCUT2D eigenvalue weighted by molar-refractivity contribution is -0.384. The van der Waals surface area contributed by atoms with Crippen LogP contribution in [0, 0.1) is 10.1 Å². The van der Waals surface area contributed by atoms with Crippen molar-refractivity contribution in [3.8, 4) is 5.75 Å². The lowest BCUT2D eigenvalue weighted by atomic mass is 10.1. The highest BCUT2D eigenvalue weighted by Crippen LogP contribution is 2.42. The molecule has 0 unspecified atom stereocenters. The molecule has 3 aromatic rings. The van der Waals surface area contributed by atoms with Gasteiger partial charge in [0.1, 0.15) is 18.1 Å². The Balaban J connectivity index is 1.45. The van der Waals surface area contributed by atoms with E-state index in [9.17, 15) is 10.1 Å². The zero-order valence-corrected chi connectivity index (χ0v) is 19.6. The van der Waals surface area contributed by atoms with Crippen LogP contribution in [-0.2, 0) is 0 Å². The molecular weight excluding hydrogens is 432 g/mol. The normalized spacial score (nSPS) is 18.1. The molecule has 0 amide bonds. The third kappa shape index (κ3) is 3.88. The van der Waals surface area contributed by atoms with Gasteiger partial charge in [0.15, 0.2) is 0 Å². The van der Waals surface area contributed by atoms with Gasteiger partial charge in [0, 0.05) is 60.1 Å². The highest BCUT2D eigenvalue weighted by atomic mass is 16.6. The Morgan fingerprint density at radius 1 is 1.24 bits per heavy atom. The van der Waals surface area contributed by atoms with Gasteiger partial charge in [-0.1, -0.05) is 18.2 Å². The largest absolute Gasteiger partial charge is 0.494 e. The van der Waals surface area contributed by atoms with Gasteiger partial charge >= 0.3 is 0 Å². The first kappa shape index (κ1) is 22.0. The molecule has 0 spiro atoms. The lowest BCUT2D eigenvalue weighted by Gasteiger charge is -2.26. The standard InChI is InChI=1S/C25H28N6O3/c1-28(2)17-8-10-29(15-17)22-13-25(34-3)24(12-23(22)31(32)33)30-11-9-21(27-16-30)19-14-26-20-7-5-4-6-18(19)20/h4-7,9,11-14,17,26H,8,10,15-16H2,1-3H3/t17-/m1/s1. The van der Waals surface area contributed by atoms with Gasteiger partial charge in [-0.05, 0) is 32.7 Å². The van der Waals surface area contributed by atoms with Crippen LogP contribution in [-0.4, -0.2) is 67.5 Å². The predicted molar refractivity (Wildman–Crippen MR) is 135 cm³/mol. The molecule has 1 fully saturated rings. The van der Waals surface area contributed by atoms with Crippen LogP contribution in [0.1, 0.15) is 12.0 Å². The van der Waals surface area contributed by atoms with Crippen molar-refractivity contribution >= 4 is 33.7 Å². The number of aromatic amines is 1. The van der Waals surface area contributed by atoms with E-state index in [0.717, 1.165) is 41.7 Å². The second-order valence-corrected chi connectivity index (χ2v) is 8.84. The van der Waals surface area contributed by atoms with Gasteiger partial charge in [-0.25, -0.2) is 0 Å². The van der Waals surface area contributed by atoms with E-state index in [1.165, 1.54) is 0 Å². The maximum atomic E-state index is 12.0. The van der Waals surface area contributed by atoms with Gasteiger partial charge in [0.25, 0.3) is 5.69 Å². The summed E-state index contributed by atoms with van der Waals surface area (Å²) in [6.07, 6.45) is 6.76. The Hall–Kier alpha value is -3.85. The summed E-state index contributed by atoms with van der Waals surface area (Å²) in [6, 6.07) is 11.9. The van der Waals surface area contributed by atoms with Crippen molar-refractivity contribution in [3.63, 3.8) is 0 Å². The quantitative estimate of drug-likeness (QED) is 0.442. The van der Waals surface area contributed by atoms with E-state index in [4.69, 9.17) is 9.73 Å². The summed E-state index contributed by atoms with van der Waals surface area (Å²) < 4.78 is 5.68. The summed E-state index contributed by atoms with van der Waals surface area (Å²) in [5.74, 6) is 0.587. The SMILES string of the molecule is COc1cc(N2CC[C@@H](N(C)C)C2)c([N+](=O)[O-])cc1N1C=CC(c2c[nH]c3ccccc23)=NC1. The number of allylic oxidation sites excluding steroid dienone is 1. The highest BCUT2D eigenvalue weighted by molar-refractivity contribution is 6.16. The minimum absolute atomic E-state index is 0.0787. The third-order valence-electron chi connectivity index (χ3n) is 6.69. The van der Waals surface area contributed by atoms with Gasteiger partial charge < -0.3 is 24.4 Å². The smallest absolute Gasteiger partial charge is 0.294 e. The van der Waals surface area contributed by atoms with Crippen molar-refractivity contribution in [2.75, 3.05) is 50.8 Å². The van der Waals surface area contributed by atoms with Crippen LogP contribution in [0.15, 0.2) is 59.9 Å². The highest BCUT2D eigenvalue weighted by Gasteiger charge is 2.31. The van der Waals surface area contributed by atoms with Crippen LogP contribution in [0.25, 0.3) is 10.9 Å². The molecule has 1 N–H and O–H groups in total. The van der Waals surface area contributed by atoms with Crippen LogP contribution in [0.4, 0.5) is 17.1 Å².